The van der Waals surface area contributed by atoms with E-state index in [1.807, 2.05) is 12.1 Å². The molecule has 0 unspecified atom stereocenters. The quantitative estimate of drug-likeness (QED) is 0.346. The van der Waals surface area contributed by atoms with Gasteiger partial charge < -0.3 is 16.2 Å². The van der Waals surface area contributed by atoms with E-state index in [0.29, 0.717) is 11.1 Å². The number of halogens is 1. The van der Waals surface area contributed by atoms with Gasteiger partial charge in [0.2, 0.25) is 0 Å². The molecule has 0 saturated carbocycles. The van der Waals surface area contributed by atoms with Crippen molar-refractivity contribution in [1.29, 1.82) is 0 Å². The first kappa shape index (κ1) is 21.6. The van der Waals surface area contributed by atoms with Gasteiger partial charge in [-0.15, -0.1) is 0 Å². The van der Waals surface area contributed by atoms with E-state index in [9.17, 15) is 14.0 Å². The van der Waals surface area contributed by atoms with Crippen LogP contribution in [0, 0.1) is 5.82 Å². The Bertz CT molecular complexity index is 1190. The molecule has 0 aliphatic carbocycles. The number of amides is 1. The highest BCUT2D eigenvalue weighted by Crippen LogP contribution is 2.29. The lowest BCUT2D eigenvalue weighted by Crippen LogP contribution is -2.13. The summed E-state index contributed by atoms with van der Waals surface area (Å²) >= 11 is 0. The summed E-state index contributed by atoms with van der Waals surface area (Å²) in [6, 6.07) is 13.0. The van der Waals surface area contributed by atoms with Crippen molar-refractivity contribution in [2.24, 2.45) is 16.5 Å². The highest BCUT2D eigenvalue weighted by atomic mass is 19.1. The van der Waals surface area contributed by atoms with Crippen molar-refractivity contribution in [3.8, 4) is 11.1 Å². The maximum Gasteiger partial charge on any atom is 0.341 e. The maximum atomic E-state index is 13.3. The average Bonchev–Trinajstić information content (AvgIpc) is 2.76. The number of fused-ring (bicyclic) bond motifs is 1. The van der Waals surface area contributed by atoms with Crippen molar-refractivity contribution >= 4 is 29.0 Å². The first-order valence-corrected chi connectivity index (χ1v) is 9.51. The van der Waals surface area contributed by atoms with Gasteiger partial charge in [0.15, 0.2) is 0 Å². The van der Waals surface area contributed by atoms with E-state index >= 15 is 0 Å². The lowest BCUT2D eigenvalue weighted by Gasteiger charge is -2.10. The first-order valence-electron chi connectivity index (χ1n) is 9.51. The third kappa shape index (κ3) is 5.11. The van der Waals surface area contributed by atoms with Crippen molar-refractivity contribution in [2.75, 3.05) is 6.61 Å². The molecule has 1 amide bonds. The lowest BCUT2D eigenvalue weighted by atomic mass is 9.98. The fourth-order valence-corrected chi connectivity index (χ4v) is 2.99. The summed E-state index contributed by atoms with van der Waals surface area (Å²) in [4.78, 5) is 32.1. The summed E-state index contributed by atoms with van der Waals surface area (Å²) in [5.74, 6) is -1.57. The largest absolute Gasteiger partial charge is 0.462 e. The number of rotatable bonds is 7. The molecule has 0 atom stereocenters. The van der Waals surface area contributed by atoms with Gasteiger partial charge in [0, 0.05) is 17.8 Å². The van der Waals surface area contributed by atoms with Crippen LogP contribution >= 0.6 is 0 Å². The molecule has 0 bridgehead atoms. The van der Waals surface area contributed by atoms with Gasteiger partial charge in [0.25, 0.3) is 5.91 Å². The second-order valence-corrected chi connectivity index (χ2v) is 6.59. The van der Waals surface area contributed by atoms with E-state index in [4.69, 9.17) is 16.2 Å². The number of nitrogens with two attached hydrogens (primary N) is 2. The van der Waals surface area contributed by atoms with Gasteiger partial charge in [-0.1, -0.05) is 24.3 Å². The minimum absolute atomic E-state index is 0.100. The third-order valence-corrected chi connectivity index (χ3v) is 4.48. The summed E-state index contributed by atoms with van der Waals surface area (Å²) in [6.07, 6.45) is 2.48. The summed E-state index contributed by atoms with van der Waals surface area (Å²) in [6.45, 7) is 2.19. The summed E-state index contributed by atoms with van der Waals surface area (Å²) in [5, 5.41) is 0.776. The van der Waals surface area contributed by atoms with Crippen molar-refractivity contribution in [2.45, 2.75) is 13.5 Å². The zero-order valence-corrected chi connectivity index (χ0v) is 16.8. The Balaban J connectivity index is 1.96. The standard InChI is InChI=1S/C23H21FN4O3/c1-2-31-23(30)16(11-25)13-27-12-14-3-8-18-19(15-4-6-17(24)7-5-15)10-21(22(26)29)28-20(18)9-14/h3-11,13H,2,12,25H2,1H3,(H2,26,29). The predicted molar refractivity (Wildman–Crippen MR) is 117 cm³/mol. The number of aliphatic imine (C=N–C) groups is 1. The molecule has 4 N–H and O–H groups in total. The molecule has 0 fully saturated rings. The maximum absolute atomic E-state index is 13.3. The molecule has 1 aromatic heterocycles. The van der Waals surface area contributed by atoms with E-state index in [0.717, 1.165) is 22.7 Å². The highest BCUT2D eigenvalue weighted by molar-refractivity contribution is 6.09. The Morgan fingerprint density at radius 3 is 2.55 bits per heavy atom. The number of nitrogens with zero attached hydrogens (tertiary/aromatic N) is 2. The number of benzene rings is 2. The van der Waals surface area contributed by atoms with Crippen LogP contribution in [0.15, 0.2) is 65.3 Å². The lowest BCUT2D eigenvalue weighted by molar-refractivity contribution is -0.137. The number of carbonyl (C=O) groups excluding carboxylic acids is 2. The SMILES string of the molecule is CCOC(=O)C(C=NCc1ccc2c(-c3ccc(F)cc3)cc(C(N)=O)nc2c1)=CN. The number of aromatic nitrogens is 1. The minimum atomic E-state index is -0.666. The molecule has 158 valence electrons. The molecular weight excluding hydrogens is 399 g/mol. The predicted octanol–water partition coefficient (Wildman–Crippen LogP) is 3.12. The Hall–Kier alpha value is -4.07. The van der Waals surface area contributed by atoms with Crippen LogP contribution in [-0.2, 0) is 16.1 Å². The molecule has 0 aliphatic rings. The van der Waals surface area contributed by atoms with E-state index in [1.54, 1.807) is 31.2 Å². The molecule has 0 spiro atoms. The molecule has 0 saturated heterocycles. The molecular formula is C23H21FN4O3. The van der Waals surface area contributed by atoms with Gasteiger partial charge in [-0.05, 0) is 47.9 Å². The number of hydrogen-bond acceptors (Lipinski definition) is 6. The van der Waals surface area contributed by atoms with E-state index in [-0.39, 0.29) is 30.2 Å². The van der Waals surface area contributed by atoms with Gasteiger partial charge >= 0.3 is 5.97 Å². The second kappa shape index (κ2) is 9.62. The number of esters is 1. The normalized spacial score (nSPS) is 11.7. The topological polar surface area (TPSA) is 121 Å². The third-order valence-electron chi connectivity index (χ3n) is 4.48. The van der Waals surface area contributed by atoms with Crippen LogP contribution in [0.5, 0.6) is 0 Å². The Morgan fingerprint density at radius 1 is 1.16 bits per heavy atom. The fraction of sp³-hybridized carbons (Fsp3) is 0.130. The number of pyridine rings is 1. The highest BCUT2D eigenvalue weighted by Gasteiger charge is 2.12. The van der Waals surface area contributed by atoms with Crippen molar-refractivity contribution in [1.82, 2.24) is 4.98 Å². The fourth-order valence-electron chi connectivity index (χ4n) is 2.99. The van der Waals surface area contributed by atoms with Crippen LogP contribution in [0.2, 0.25) is 0 Å². The van der Waals surface area contributed by atoms with Gasteiger partial charge in [-0.2, -0.15) is 0 Å². The van der Waals surface area contributed by atoms with Crippen molar-refractivity contribution in [3.63, 3.8) is 0 Å². The van der Waals surface area contributed by atoms with Crippen molar-refractivity contribution in [3.05, 3.63) is 77.4 Å². The molecule has 0 radical (unpaired) electrons. The first-order chi connectivity index (χ1) is 14.9. The number of primary amides is 1. The van der Waals surface area contributed by atoms with Gasteiger partial charge in [0.1, 0.15) is 11.5 Å². The number of hydrogen-bond donors (Lipinski definition) is 2. The van der Waals surface area contributed by atoms with Crippen LogP contribution < -0.4 is 11.5 Å². The summed E-state index contributed by atoms with van der Waals surface area (Å²) < 4.78 is 18.2. The zero-order valence-electron chi connectivity index (χ0n) is 16.8. The minimum Gasteiger partial charge on any atom is -0.462 e. The van der Waals surface area contributed by atoms with E-state index in [1.165, 1.54) is 18.3 Å². The molecule has 3 aromatic rings. The monoisotopic (exact) mass is 420 g/mol. The molecule has 8 heteroatoms. The molecule has 31 heavy (non-hydrogen) atoms. The second-order valence-electron chi connectivity index (χ2n) is 6.59. The smallest absolute Gasteiger partial charge is 0.341 e. The molecule has 1 heterocycles. The van der Waals surface area contributed by atoms with Crippen LogP contribution in [0.3, 0.4) is 0 Å². The number of carbonyl (C=O) groups is 2. The van der Waals surface area contributed by atoms with E-state index < -0.39 is 11.9 Å². The average molecular weight is 420 g/mol. The molecule has 3 rings (SSSR count). The van der Waals surface area contributed by atoms with Crippen molar-refractivity contribution < 1.29 is 18.7 Å². The van der Waals surface area contributed by atoms with Crippen LogP contribution in [-0.4, -0.2) is 29.7 Å². The zero-order chi connectivity index (χ0) is 22.4. The molecule has 0 aliphatic heterocycles. The molecule has 7 nitrogen and oxygen atoms in total. The van der Waals surface area contributed by atoms with Gasteiger partial charge in [0.05, 0.1) is 24.2 Å². The Morgan fingerprint density at radius 2 is 1.90 bits per heavy atom. The van der Waals surface area contributed by atoms with Crippen LogP contribution in [0.4, 0.5) is 4.39 Å². The van der Waals surface area contributed by atoms with Crippen LogP contribution in [0.25, 0.3) is 22.0 Å². The van der Waals surface area contributed by atoms with E-state index in [2.05, 4.69) is 9.98 Å². The number of ether oxygens (including phenoxy) is 1. The Kier molecular flexibility index (Phi) is 6.71. The van der Waals surface area contributed by atoms with Gasteiger partial charge in [-0.25, -0.2) is 14.2 Å². The van der Waals surface area contributed by atoms with Crippen LogP contribution in [0.1, 0.15) is 23.0 Å². The summed E-state index contributed by atoms with van der Waals surface area (Å²) in [7, 11) is 0. The van der Waals surface area contributed by atoms with Gasteiger partial charge in [-0.3, -0.25) is 9.79 Å². The Labute approximate surface area is 178 Å². The summed E-state index contributed by atoms with van der Waals surface area (Å²) in [5.41, 5.74) is 13.9. The molecule has 2 aromatic carbocycles.